The molecule has 0 bridgehead atoms. The molecule has 0 saturated carbocycles. The maximum absolute atomic E-state index is 4.93. The summed E-state index contributed by atoms with van der Waals surface area (Å²) < 4.78 is 9.82. The highest BCUT2D eigenvalue weighted by Crippen LogP contribution is 1.77. The Bertz CT molecular complexity index is 93.1. The number of hydrogen-bond donors (Lipinski definition) is 0. The Labute approximate surface area is 55.8 Å². The van der Waals surface area contributed by atoms with Crippen molar-refractivity contribution in [1.82, 2.24) is 0 Å². The smallest absolute Gasteiger partial charge is 0.147 e. The number of ether oxygens (including phenoxy) is 2. The fourth-order valence-electron chi connectivity index (χ4n) is 0.308. The molecule has 0 aliphatic heterocycles. The average Bonchev–Trinajstić information content (AvgIpc) is 1.89. The predicted octanol–water partition coefficient (Wildman–Crippen LogP) is 1.34. The highest BCUT2D eigenvalue weighted by molar-refractivity contribution is 4.74. The van der Waals surface area contributed by atoms with Crippen molar-refractivity contribution in [3.8, 4) is 0 Å². The van der Waals surface area contributed by atoms with E-state index in [0.717, 1.165) is 0 Å². The van der Waals surface area contributed by atoms with Gasteiger partial charge in [-0.3, -0.25) is 0 Å². The number of rotatable bonds is 5. The van der Waals surface area contributed by atoms with Crippen molar-refractivity contribution in [1.29, 1.82) is 0 Å². The van der Waals surface area contributed by atoms with Crippen LogP contribution < -0.4 is 0 Å². The molecule has 0 saturated heterocycles. The molecule has 9 heavy (non-hydrogen) atoms. The lowest BCUT2D eigenvalue weighted by atomic mass is 10.6. The van der Waals surface area contributed by atoms with Gasteiger partial charge in [-0.15, -0.1) is 5.73 Å². The van der Waals surface area contributed by atoms with Crippen molar-refractivity contribution >= 4 is 0 Å². The van der Waals surface area contributed by atoms with Gasteiger partial charge in [0, 0.05) is 6.61 Å². The second-order valence-corrected chi connectivity index (χ2v) is 1.39. The third kappa shape index (κ3) is 7.44. The van der Waals surface area contributed by atoms with E-state index in [9.17, 15) is 0 Å². The van der Waals surface area contributed by atoms with Gasteiger partial charge in [0.05, 0.1) is 6.61 Å². The van der Waals surface area contributed by atoms with Crippen LogP contribution in [0.2, 0.25) is 0 Å². The first kappa shape index (κ1) is 8.44. The van der Waals surface area contributed by atoms with E-state index in [0.29, 0.717) is 20.0 Å². The maximum atomic E-state index is 4.93. The van der Waals surface area contributed by atoms with E-state index in [1.807, 2.05) is 6.92 Å². The van der Waals surface area contributed by atoms with Crippen molar-refractivity contribution in [2.75, 3.05) is 20.0 Å². The van der Waals surface area contributed by atoms with Crippen LogP contribution in [0.25, 0.3) is 0 Å². The molecule has 0 aliphatic rings. The fraction of sp³-hybridized carbons (Fsp3) is 0.571. The van der Waals surface area contributed by atoms with E-state index in [2.05, 4.69) is 12.3 Å². The minimum atomic E-state index is 0.356. The molecule has 0 spiro atoms. The molecule has 0 aromatic heterocycles. The Hall–Kier alpha value is -0.560. The molecule has 0 heterocycles. The molecular formula is C7H12O2. The van der Waals surface area contributed by atoms with Crippen LogP contribution in [0.15, 0.2) is 18.4 Å². The van der Waals surface area contributed by atoms with Crippen LogP contribution in [0.1, 0.15) is 6.92 Å². The zero-order valence-electron chi connectivity index (χ0n) is 5.72. The summed E-state index contributed by atoms with van der Waals surface area (Å²) in [6.45, 7) is 6.88. The molecule has 0 amide bonds. The average molecular weight is 128 g/mol. The van der Waals surface area contributed by atoms with Gasteiger partial charge in [0.25, 0.3) is 0 Å². The standard InChI is InChI=1S/C7H12O2/c1-3-5-6-9-7-8-4-2/h5H,1,4,6-7H2,2H3. The lowest BCUT2D eigenvalue weighted by Gasteiger charge is -1.97. The molecule has 2 heteroatoms. The molecule has 0 aromatic carbocycles. The first-order chi connectivity index (χ1) is 4.41. The van der Waals surface area contributed by atoms with Crippen molar-refractivity contribution in [2.45, 2.75) is 6.92 Å². The molecule has 0 radical (unpaired) electrons. The lowest BCUT2D eigenvalue weighted by Crippen LogP contribution is -1.98. The van der Waals surface area contributed by atoms with Gasteiger partial charge < -0.3 is 9.47 Å². The van der Waals surface area contributed by atoms with Crippen LogP contribution >= 0.6 is 0 Å². The van der Waals surface area contributed by atoms with Gasteiger partial charge >= 0.3 is 0 Å². The van der Waals surface area contributed by atoms with Crippen LogP contribution in [-0.4, -0.2) is 20.0 Å². The monoisotopic (exact) mass is 128 g/mol. The summed E-state index contributed by atoms with van der Waals surface area (Å²) in [5, 5.41) is 0. The van der Waals surface area contributed by atoms with Crippen LogP contribution in [0, 0.1) is 0 Å². The third-order valence-corrected chi connectivity index (χ3v) is 0.716. The van der Waals surface area contributed by atoms with Gasteiger partial charge in [-0.1, -0.05) is 6.58 Å². The van der Waals surface area contributed by atoms with Crippen LogP contribution in [0.3, 0.4) is 0 Å². The summed E-state index contributed by atoms with van der Waals surface area (Å²) in [5.74, 6) is 0. The molecule has 0 atom stereocenters. The van der Waals surface area contributed by atoms with Crippen LogP contribution in [0.5, 0.6) is 0 Å². The molecule has 0 aliphatic carbocycles. The first-order valence-corrected chi connectivity index (χ1v) is 2.91. The second kappa shape index (κ2) is 7.44. The molecule has 0 aromatic rings. The van der Waals surface area contributed by atoms with Gasteiger partial charge in [0.2, 0.25) is 0 Å². The molecular weight excluding hydrogens is 116 g/mol. The van der Waals surface area contributed by atoms with Gasteiger partial charge in [-0.2, -0.15) is 0 Å². The van der Waals surface area contributed by atoms with Gasteiger partial charge in [0.1, 0.15) is 6.79 Å². The second-order valence-electron chi connectivity index (χ2n) is 1.39. The minimum absolute atomic E-state index is 0.356. The van der Waals surface area contributed by atoms with Crippen molar-refractivity contribution in [3.63, 3.8) is 0 Å². The Morgan fingerprint density at radius 2 is 2.33 bits per heavy atom. The van der Waals surface area contributed by atoms with Crippen molar-refractivity contribution in [2.24, 2.45) is 0 Å². The zero-order valence-corrected chi connectivity index (χ0v) is 5.72. The largest absolute Gasteiger partial charge is 0.356 e. The Morgan fingerprint density at radius 3 is 2.89 bits per heavy atom. The summed E-state index contributed by atoms with van der Waals surface area (Å²) in [7, 11) is 0. The van der Waals surface area contributed by atoms with Gasteiger partial charge in [0.15, 0.2) is 0 Å². The van der Waals surface area contributed by atoms with Crippen molar-refractivity contribution < 1.29 is 9.47 Å². The first-order valence-electron chi connectivity index (χ1n) is 2.91. The van der Waals surface area contributed by atoms with Crippen molar-refractivity contribution in [3.05, 3.63) is 18.4 Å². The lowest BCUT2D eigenvalue weighted by molar-refractivity contribution is -0.0389. The highest BCUT2D eigenvalue weighted by Gasteiger charge is 1.78. The van der Waals surface area contributed by atoms with E-state index in [4.69, 9.17) is 9.47 Å². The van der Waals surface area contributed by atoms with Gasteiger partial charge in [-0.25, -0.2) is 0 Å². The summed E-state index contributed by atoms with van der Waals surface area (Å²) in [6, 6.07) is 0. The van der Waals surface area contributed by atoms with Gasteiger partial charge in [-0.05, 0) is 13.0 Å². The third-order valence-electron chi connectivity index (χ3n) is 0.716. The summed E-state index contributed by atoms with van der Waals surface area (Å²) in [5.41, 5.74) is 2.59. The summed E-state index contributed by atoms with van der Waals surface area (Å²) in [4.78, 5) is 0. The zero-order chi connectivity index (χ0) is 6.95. The van der Waals surface area contributed by atoms with E-state index in [-0.39, 0.29) is 0 Å². The SMILES string of the molecule is C=C=CCOCOCC. The fourth-order valence-corrected chi connectivity index (χ4v) is 0.308. The molecule has 0 N–H and O–H groups in total. The quantitative estimate of drug-likeness (QED) is 0.316. The molecule has 0 unspecified atom stereocenters. The molecule has 52 valence electrons. The number of hydrogen-bond acceptors (Lipinski definition) is 2. The van der Waals surface area contributed by atoms with E-state index in [1.54, 1.807) is 6.08 Å². The van der Waals surface area contributed by atoms with Crippen LogP contribution in [0.4, 0.5) is 0 Å². The Morgan fingerprint density at radius 1 is 1.56 bits per heavy atom. The van der Waals surface area contributed by atoms with E-state index in [1.165, 1.54) is 0 Å². The molecule has 2 nitrogen and oxygen atoms in total. The topological polar surface area (TPSA) is 18.5 Å². The Balaban J connectivity index is 2.82. The van der Waals surface area contributed by atoms with Crippen LogP contribution in [-0.2, 0) is 9.47 Å². The maximum Gasteiger partial charge on any atom is 0.147 e. The Kier molecular flexibility index (Phi) is 6.98. The predicted molar refractivity (Wildman–Crippen MR) is 36.2 cm³/mol. The molecule has 0 fully saturated rings. The normalized spacial score (nSPS) is 8.56. The van der Waals surface area contributed by atoms with E-state index >= 15 is 0 Å². The summed E-state index contributed by atoms with van der Waals surface area (Å²) >= 11 is 0. The van der Waals surface area contributed by atoms with E-state index < -0.39 is 0 Å². The molecule has 0 rings (SSSR count). The minimum Gasteiger partial charge on any atom is -0.356 e. The summed E-state index contributed by atoms with van der Waals surface area (Å²) in [6.07, 6.45) is 1.71. The highest BCUT2D eigenvalue weighted by atomic mass is 16.7.